The first kappa shape index (κ1) is 13.1. The van der Waals surface area contributed by atoms with Gasteiger partial charge in [0.15, 0.2) is 0 Å². The number of aromatic nitrogens is 2. The van der Waals surface area contributed by atoms with Crippen molar-refractivity contribution in [1.29, 1.82) is 0 Å². The van der Waals surface area contributed by atoms with Gasteiger partial charge < -0.3 is 15.4 Å². The van der Waals surface area contributed by atoms with E-state index in [2.05, 4.69) is 27.5 Å². The highest BCUT2D eigenvalue weighted by Crippen LogP contribution is 2.17. The van der Waals surface area contributed by atoms with Crippen LogP contribution in [0, 0.1) is 12.8 Å². The highest BCUT2D eigenvalue weighted by atomic mass is 16.5. The molecule has 1 aromatic heterocycles. The van der Waals surface area contributed by atoms with Crippen LogP contribution in [0.3, 0.4) is 0 Å². The summed E-state index contributed by atoms with van der Waals surface area (Å²) in [6.07, 6.45) is 2.33. The molecule has 5 heteroatoms. The van der Waals surface area contributed by atoms with Crippen molar-refractivity contribution in [2.45, 2.75) is 26.7 Å². The summed E-state index contributed by atoms with van der Waals surface area (Å²) in [5.41, 5.74) is 0. The number of hydrogen-bond donors (Lipinski definition) is 2. The Kier molecular flexibility index (Phi) is 4.75. The molecule has 1 atom stereocenters. The average Bonchev–Trinajstić information content (AvgIpc) is 2.82. The summed E-state index contributed by atoms with van der Waals surface area (Å²) in [6, 6.07) is 1.96. The second kappa shape index (κ2) is 6.54. The van der Waals surface area contributed by atoms with Gasteiger partial charge in [-0.05, 0) is 32.6 Å². The molecule has 0 radical (unpaired) electrons. The Labute approximate surface area is 108 Å². The van der Waals surface area contributed by atoms with Gasteiger partial charge in [-0.1, -0.05) is 0 Å². The summed E-state index contributed by atoms with van der Waals surface area (Å²) in [4.78, 5) is 8.71. The highest BCUT2D eigenvalue weighted by molar-refractivity contribution is 5.47. The SMILES string of the molecule is CCNc1cc(NCCC2CCOC2)nc(C)n1. The van der Waals surface area contributed by atoms with E-state index < -0.39 is 0 Å². The fourth-order valence-electron chi connectivity index (χ4n) is 2.15. The molecule has 0 aromatic carbocycles. The molecule has 0 spiro atoms. The molecule has 1 unspecified atom stereocenters. The topological polar surface area (TPSA) is 59.1 Å². The summed E-state index contributed by atoms with van der Waals surface area (Å²) in [6.45, 7) is 7.61. The number of nitrogens with one attached hydrogen (secondary N) is 2. The maximum atomic E-state index is 5.37. The van der Waals surface area contributed by atoms with Gasteiger partial charge in [0.05, 0.1) is 0 Å². The fraction of sp³-hybridized carbons (Fsp3) is 0.692. The minimum atomic E-state index is 0.702. The van der Waals surface area contributed by atoms with Crippen LogP contribution in [0.25, 0.3) is 0 Å². The molecule has 1 aromatic rings. The van der Waals surface area contributed by atoms with Crippen molar-refractivity contribution >= 4 is 11.6 Å². The predicted molar refractivity (Wildman–Crippen MR) is 73.0 cm³/mol. The van der Waals surface area contributed by atoms with Crippen LogP contribution in [-0.4, -0.2) is 36.3 Å². The van der Waals surface area contributed by atoms with E-state index in [1.807, 2.05) is 13.0 Å². The molecule has 2 rings (SSSR count). The molecule has 1 fully saturated rings. The lowest BCUT2D eigenvalue weighted by molar-refractivity contribution is 0.185. The quantitative estimate of drug-likeness (QED) is 0.809. The van der Waals surface area contributed by atoms with Crippen LogP contribution in [0.5, 0.6) is 0 Å². The molecular formula is C13H22N4O. The molecule has 0 saturated carbocycles. The highest BCUT2D eigenvalue weighted by Gasteiger charge is 2.14. The Morgan fingerprint density at radius 3 is 2.78 bits per heavy atom. The average molecular weight is 250 g/mol. The molecular weight excluding hydrogens is 228 g/mol. The number of anilines is 2. The van der Waals surface area contributed by atoms with Gasteiger partial charge in [-0.3, -0.25) is 0 Å². The van der Waals surface area contributed by atoms with E-state index in [-0.39, 0.29) is 0 Å². The van der Waals surface area contributed by atoms with E-state index >= 15 is 0 Å². The number of hydrogen-bond acceptors (Lipinski definition) is 5. The monoisotopic (exact) mass is 250 g/mol. The first-order valence-electron chi connectivity index (χ1n) is 6.69. The van der Waals surface area contributed by atoms with E-state index in [1.165, 1.54) is 6.42 Å². The molecule has 18 heavy (non-hydrogen) atoms. The van der Waals surface area contributed by atoms with Crippen LogP contribution in [0.1, 0.15) is 25.6 Å². The molecule has 2 N–H and O–H groups in total. The number of nitrogens with zero attached hydrogens (tertiary/aromatic N) is 2. The van der Waals surface area contributed by atoms with Gasteiger partial charge in [-0.15, -0.1) is 0 Å². The number of rotatable bonds is 6. The number of aryl methyl sites for hydroxylation is 1. The van der Waals surface area contributed by atoms with E-state index in [0.29, 0.717) is 5.92 Å². The zero-order valence-electron chi connectivity index (χ0n) is 11.2. The van der Waals surface area contributed by atoms with Gasteiger partial charge in [0.25, 0.3) is 0 Å². The van der Waals surface area contributed by atoms with Crippen LogP contribution >= 0.6 is 0 Å². The predicted octanol–water partition coefficient (Wildman–Crippen LogP) is 2.06. The molecule has 1 aliphatic heterocycles. The largest absolute Gasteiger partial charge is 0.381 e. The second-order valence-corrected chi connectivity index (χ2v) is 4.66. The van der Waals surface area contributed by atoms with Crippen LogP contribution < -0.4 is 10.6 Å². The normalized spacial score (nSPS) is 18.9. The Bertz CT molecular complexity index is 377. The molecule has 2 heterocycles. The molecule has 0 aliphatic carbocycles. The van der Waals surface area contributed by atoms with Crippen LogP contribution in [0.15, 0.2) is 6.07 Å². The van der Waals surface area contributed by atoms with Gasteiger partial charge in [0.2, 0.25) is 0 Å². The van der Waals surface area contributed by atoms with Crippen LogP contribution in [0.2, 0.25) is 0 Å². The summed E-state index contributed by atoms with van der Waals surface area (Å²) >= 11 is 0. The summed E-state index contributed by atoms with van der Waals surface area (Å²) in [5.74, 6) is 3.28. The van der Waals surface area contributed by atoms with E-state index in [9.17, 15) is 0 Å². The van der Waals surface area contributed by atoms with E-state index in [0.717, 1.165) is 50.2 Å². The van der Waals surface area contributed by atoms with Crippen LogP contribution in [0.4, 0.5) is 11.6 Å². The van der Waals surface area contributed by atoms with E-state index in [4.69, 9.17) is 4.74 Å². The Hall–Kier alpha value is -1.36. The van der Waals surface area contributed by atoms with Crippen molar-refractivity contribution in [3.8, 4) is 0 Å². The molecule has 1 saturated heterocycles. The lowest BCUT2D eigenvalue weighted by atomic mass is 10.1. The third-order valence-electron chi connectivity index (χ3n) is 3.08. The minimum Gasteiger partial charge on any atom is -0.381 e. The van der Waals surface area contributed by atoms with Crippen molar-refractivity contribution in [3.63, 3.8) is 0 Å². The number of ether oxygens (including phenoxy) is 1. The molecule has 100 valence electrons. The smallest absolute Gasteiger partial charge is 0.131 e. The molecule has 0 amide bonds. The van der Waals surface area contributed by atoms with Crippen molar-refractivity contribution in [1.82, 2.24) is 9.97 Å². The third-order valence-corrected chi connectivity index (χ3v) is 3.08. The maximum Gasteiger partial charge on any atom is 0.131 e. The first-order valence-corrected chi connectivity index (χ1v) is 6.69. The lowest BCUT2D eigenvalue weighted by Gasteiger charge is -2.11. The van der Waals surface area contributed by atoms with Crippen LogP contribution in [-0.2, 0) is 4.74 Å². The van der Waals surface area contributed by atoms with Gasteiger partial charge in [0, 0.05) is 32.4 Å². The molecule has 5 nitrogen and oxygen atoms in total. The minimum absolute atomic E-state index is 0.702. The Morgan fingerprint density at radius 2 is 2.11 bits per heavy atom. The Morgan fingerprint density at radius 1 is 1.33 bits per heavy atom. The standard InChI is InChI=1S/C13H22N4O/c1-3-14-12-8-13(17-10(2)16-12)15-6-4-11-5-7-18-9-11/h8,11H,3-7,9H2,1-2H3,(H2,14,15,16,17). The van der Waals surface area contributed by atoms with Crippen molar-refractivity contribution in [2.75, 3.05) is 36.9 Å². The summed E-state index contributed by atoms with van der Waals surface area (Å²) < 4.78 is 5.37. The van der Waals surface area contributed by atoms with Gasteiger partial charge in [-0.25, -0.2) is 9.97 Å². The van der Waals surface area contributed by atoms with Gasteiger partial charge in [-0.2, -0.15) is 0 Å². The zero-order chi connectivity index (χ0) is 12.8. The molecule has 0 bridgehead atoms. The Balaban J connectivity index is 1.83. The van der Waals surface area contributed by atoms with Crippen molar-refractivity contribution in [2.24, 2.45) is 5.92 Å². The lowest BCUT2D eigenvalue weighted by Crippen LogP contribution is -2.11. The molecule has 1 aliphatic rings. The van der Waals surface area contributed by atoms with Gasteiger partial charge >= 0.3 is 0 Å². The fourth-order valence-corrected chi connectivity index (χ4v) is 2.15. The summed E-state index contributed by atoms with van der Waals surface area (Å²) in [7, 11) is 0. The van der Waals surface area contributed by atoms with E-state index in [1.54, 1.807) is 0 Å². The van der Waals surface area contributed by atoms with Crippen molar-refractivity contribution in [3.05, 3.63) is 11.9 Å². The second-order valence-electron chi connectivity index (χ2n) is 4.66. The van der Waals surface area contributed by atoms with Gasteiger partial charge in [0.1, 0.15) is 17.5 Å². The maximum absolute atomic E-state index is 5.37. The zero-order valence-corrected chi connectivity index (χ0v) is 11.2. The third kappa shape index (κ3) is 3.84. The van der Waals surface area contributed by atoms with Crippen molar-refractivity contribution < 1.29 is 4.74 Å². The summed E-state index contributed by atoms with van der Waals surface area (Å²) in [5, 5.41) is 6.57. The first-order chi connectivity index (χ1) is 8.78.